The summed E-state index contributed by atoms with van der Waals surface area (Å²) in [5.41, 5.74) is 0. The van der Waals surface area contributed by atoms with Crippen LogP contribution in [-0.2, 0) is 18.5 Å². The first-order chi connectivity index (χ1) is 4.21. The normalized spacial score (nSPS) is 11.3. The molecule has 0 unspecified atom stereocenters. The van der Waals surface area contributed by atoms with Gasteiger partial charge in [-0.25, -0.2) is 9.13 Å². The zero-order chi connectivity index (χ0) is 8.41. The molecular weight excluding hydrogens is 268 g/mol. The predicted molar refractivity (Wildman–Crippen MR) is 40.6 cm³/mol. The van der Waals surface area contributed by atoms with Gasteiger partial charge >= 0.3 is 118 Å². The Morgan fingerprint density at radius 2 is 0.917 bits per heavy atom. The molecule has 66 valence electrons. The standard InChI is InChI=1S/2K.H4O8P2.2H/c;;1-9(2,3)7-8-10(4,5)6;;/h;;(H2,1,2,3)(H2,4,5,6);;. The average molecular weight is 274 g/mol. The van der Waals surface area contributed by atoms with Gasteiger partial charge in [-0.05, 0) is 0 Å². The third kappa shape index (κ3) is 19.1. The van der Waals surface area contributed by atoms with Crippen LogP contribution in [0.5, 0.6) is 0 Å². The maximum absolute atomic E-state index is 9.68. The second-order valence-corrected chi connectivity index (χ2v) is 3.39. The molecule has 12 heteroatoms. The van der Waals surface area contributed by atoms with Crippen LogP contribution in [0.4, 0.5) is 0 Å². The summed E-state index contributed by atoms with van der Waals surface area (Å²) in [6.07, 6.45) is 0. The molecule has 0 aliphatic heterocycles. The fraction of sp³-hybridized carbons (Fsp3) is 0. The second kappa shape index (κ2) is 8.62. The van der Waals surface area contributed by atoms with E-state index in [2.05, 4.69) is 9.35 Å². The van der Waals surface area contributed by atoms with Crippen molar-refractivity contribution < 1.29 is 38.1 Å². The summed E-state index contributed by atoms with van der Waals surface area (Å²) < 4.78 is 25.4. The predicted octanol–water partition coefficient (Wildman–Crippen LogP) is -2.18. The molecule has 4 N–H and O–H groups in total. The molecule has 0 radical (unpaired) electrons. The number of hydrogen-bond acceptors (Lipinski definition) is 4. The fourth-order valence-corrected chi connectivity index (χ4v) is 0.782. The third-order valence-corrected chi connectivity index (χ3v) is 0.883. The monoisotopic (exact) mass is 274 g/mol. The van der Waals surface area contributed by atoms with E-state index in [4.69, 9.17) is 19.6 Å². The van der Waals surface area contributed by atoms with Gasteiger partial charge in [0.25, 0.3) is 0 Å². The van der Waals surface area contributed by atoms with Crippen LogP contribution in [0.25, 0.3) is 0 Å². The fourth-order valence-electron chi connectivity index (χ4n) is 0.0868. The van der Waals surface area contributed by atoms with Gasteiger partial charge in [-0.2, -0.15) is 0 Å². The summed E-state index contributed by atoms with van der Waals surface area (Å²) >= 11 is 0. The van der Waals surface area contributed by atoms with E-state index in [1.807, 2.05) is 0 Å². The van der Waals surface area contributed by atoms with Crippen molar-refractivity contribution in [3.8, 4) is 0 Å². The van der Waals surface area contributed by atoms with Crippen LogP contribution in [0.3, 0.4) is 0 Å². The molecule has 0 aromatic heterocycles. The van der Waals surface area contributed by atoms with Crippen LogP contribution in [0.15, 0.2) is 0 Å². The van der Waals surface area contributed by atoms with Crippen molar-refractivity contribution in [3.63, 3.8) is 0 Å². The summed E-state index contributed by atoms with van der Waals surface area (Å²) in [6.45, 7) is 0. The van der Waals surface area contributed by atoms with Gasteiger partial charge < -0.3 is 19.6 Å². The van der Waals surface area contributed by atoms with Gasteiger partial charge in [-0.15, -0.1) is 9.35 Å². The Kier molecular flexibility index (Phi) is 15.0. The molecule has 0 amide bonds. The Labute approximate surface area is 153 Å². The van der Waals surface area contributed by atoms with E-state index in [9.17, 15) is 9.13 Å². The van der Waals surface area contributed by atoms with Crippen molar-refractivity contribution in [1.82, 2.24) is 0 Å². The molecule has 8 nitrogen and oxygen atoms in total. The molecule has 0 saturated carbocycles. The topological polar surface area (TPSA) is 134 Å². The Bertz CT molecular complexity index is 165. The number of rotatable bonds is 3. The molecule has 0 heterocycles. The Hall–Kier alpha value is 3.49. The Morgan fingerprint density at radius 3 is 1.00 bits per heavy atom. The molecular formula is H6K2O8P2. The molecule has 0 aromatic carbocycles. The van der Waals surface area contributed by atoms with Gasteiger partial charge in [0.2, 0.25) is 0 Å². The zero-order valence-electron chi connectivity index (χ0n) is 4.32. The minimum atomic E-state index is -4.98. The zero-order valence-corrected chi connectivity index (χ0v) is 6.11. The van der Waals surface area contributed by atoms with Crippen LogP contribution in [-0.4, -0.2) is 122 Å². The van der Waals surface area contributed by atoms with Gasteiger partial charge in [0.05, 0.1) is 0 Å². The van der Waals surface area contributed by atoms with Gasteiger partial charge in [0.1, 0.15) is 0 Å². The van der Waals surface area contributed by atoms with Crippen LogP contribution in [0, 0.1) is 0 Å². The SMILES string of the molecule is O=P(O)(O)OOP(=O)(O)O.[KH].[KH]. The number of hydrogen-bond donors (Lipinski definition) is 4. The summed E-state index contributed by atoms with van der Waals surface area (Å²) in [6, 6.07) is 0. The van der Waals surface area contributed by atoms with Crippen molar-refractivity contribution in [2.45, 2.75) is 0 Å². The van der Waals surface area contributed by atoms with E-state index < -0.39 is 15.6 Å². The van der Waals surface area contributed by atoms with Crippen molar-refractivity contribution in [3.05, 3.63) is 0 Å². The average Bonchev–Trinajstić information content (AvgIpc) is 1.57. The van der Waals surface area contributed by atoms with Crippen molar-refractivity contribution in [2.75, 3.05) is 0 Å². The molecule has 0 spiro atoms. The quantitative estimate of drug-likeness (QED) is 0.197. The van der Waals surface area contributed by atoms with Gasteiger partial charge in [-0.3, -0.25) is 0 Å². The van der Waals surface area contributed by atoms with Crippen LogP contribution in [0.2, 0.25) is 0 Å². The van der Waals surface area contributed by atoms with E-state index in [0.717, 1.165) is 0 Å². The molecule has 0 bridgehead atoms. The van der Waals surface area contributed by atoms with E-state index in [0.29, 0.717) is 0 Å². The molecule has 0 saturated heterocycles. The van der Waals surface area contributed by atoms with Gasteiger partial charge in [0, 0.05) is 0 Å². The molecule has 0 atom stereocenters. The van der Waals surface area contributed by atoms with Crippen LogP contribution in [0.1, 0.15) is 0 Å². The first kappa shape index (κ1) is 20.9. The minimum absolute atomic E-state index is 0. The summed E-state index contributed by atoms with van der Waals surface area (Å²) in [4.78, 5) is 31.2. The third-order valence-electron chi connectivity index (χ3n) is 0.228. The van der Waals surface area contributed by atoms with Crippen LogP contribution >= 0.6 is 15.6 Å². The van der Waals surface area contributed by atoms with E-state index in [1.54, 1.807) is 0 Å². The summed E-state index contributed by atoms with van der Waals surface area (Å²) in [7, 11) is -9.95. The van der Waals surface area contributed by atoms with Gasteiger partial charge in [0.15, 0.2) is 0 Å². The molecule has 0 rings (SSSR count). The Morgan fingerprint density at radius 1 is 0.750 bits per heavy atom. The first-order valence-corrected chi connectivity index (χ1v) is 4.76. The van der Waals surface area contributed by atoms with Gasteiger partial charge in [-0.1, -0.05) is 0 Å². The van der Waals surface area contributed by atoms with E-state index in [-0.39, 0.29) is 103 Å². The van der Waals surface area contributed by atoms with Crippen molar-refractivity contribution >= 4 is 118 Å². The molecule has 0 aromatic rings. The van der Waals surface area contributed by atoms with Crippen LogP contribution < -0.4 is 0 Å². The summed E-state index contributed by atoms with van der Waals surface area (Å²) in [5, 5.41) is 0. The molecule has 0 aliphatic rings. The van der Waals surface area contributed by atoms with E-state index >= 15 is 0 Å². The molecule has 12 heavy (non-hydrogen) atoms. The van der Waals surface area contributed by atoms with Crippen molar-refractivity contribution in [1.29, 1.82) is 0 Å². The molecule has 0 fully saturated rings. The summed E-state index contributed by atoms with van der Waals surface area (Å²) in [5.74, 6) is 0. The van der Waals surface area contributed by atoms with E-state index in [1.165, 1.54) is 0 Å². The van der Waals surface area contributed by atoms with Crippen molar-refractivity contribution in [2.24, 2.45) is 0 Å². The Balaban J connectivity index is -0.000000405. The second-order valence-electron chi connectivity index (χ2n) is 1.13. The molecule has 0 aliphatic carbocycles. The number of phosphoric acid groups is 2. The maximum atomic E-state index is 9.68. The first-order valence-electron chi connectivity index (χ1n) is 1.70.